The van der Waals surface area contributed by atoms with Gasteiger partial charge in [0.2, 0.25) is 0 Å². The molecule has 2 amide bonds. The molecule has 106 valence electrons. The minimum Gasteiger partial charge on any atom is -0.335 e. The summed E-state index contributed by atoms with van der Waals surface area (Å²) in [6, 6.07) is 5.57. The number of urea groups is 1. The Kier molecular flexibility index (Phi) is 4.29. The fourth-order valence-corrected chi connectivity index (χ4v) is 1.65. The fourth-order valence-electron chi connectivity index (χ4n) is 1.65. The van der Waals surface area contributed by atoms with E-state index in [0.29, 0.717) is 0 Å². The van der Waals surface area contributed by atoms with Crippen LogP contribution in [0.3, 0.4) is 0 Å². The predicted molar refractivity (Wildman–Crippen MR) is 75.8 cm³/mol. The van der Waals surface area contributed by atoms with E-state index in [1.807, 2.05) is 39.0 Å². The molecule has 20 heavy (non-hydrogen) atoms. The lowest BCUT2D eigenvalue weighted by atomic mass is 10.2. The van der Waals surface area contributed by atoms with Crippen molar-refractivity contribution >= 4 is 11.7 Å². The zero-order chi connectivity index (χ0) is 14.5. The highest BCUT2D eigenvalue weighted by atomic mass is 16.2. The monoisotopic (exact) mass is 274 g/mol. The van der Waals surface area contributed by atoms with Gasteiger partial charge in [0.15, 0.2) is 0 Å². The molecule has 0 unspecified atom stereocenters. The topological polar surface area (TPSA) is 84.7 Å². The summed E-state index contributed by atoms with van der Waals surface area (Å²) in [6.45, 7) is 5.92. The van der Waals surface area contributed by atoms with Gasteiger partial charge in [0.05, 0.1) is 5.69 Å². The number of carbonyl (C=O) groups excluding carboxylic acids is 1. The molecular formula is C13H18N6O. The highest BCUT2D eigenvalue weighted by Crippen LogP contribution is 2.18. The number of aryl methyl sites for hydroxylation is 1. The maximum atomic E-state index is 11.9. The van der Waals surface area contributed by atoms with Crippen molar-refractivity contribution in [3.05, 3.63) is 30.1 Å². The number of rotatable bonds is 4. The molecule has 0 spiro atoms. The number of amides is 2. The summed E-state index contributed by atoms with van der Waals surface area (Å²) in [5.74, 6) is 0. The molecule has 0 saturated carbocycles. The molecule has 2 rings (SSSR count). The molecule has 1 heterocycles. The van der Waals surface area contributed by atoms with E-state index < -0.39 is 0 Å². The highest BCUT2D eigenvalue weighted by Gasteiger charge is 2.08. The molecule has 1 aromatic carbocycles. The van der Waals surface area contributed by atoms with Gasteiger partial charge in [-0.25, -0.2) is 9.48 Å². The van der Waals surface area contributed by atoms with Crippen molar-refractivity contribution in [3.63, 3.8) is 0 Å². The quantitative estimate of drug-likeness (QED) is 0.891. The Morgan fingerprint density at radius 1 is 1.45 bits per heavy atom. The van der Waals surface area contributed by atoms with Crippen LogP contribution in [0.2, 0.25) is 0 Å². The van der Waals surface area contributed by atoms with Crippen LogP contribution in [0.15, 0.2) is 24.5 Å². The van der Waals surface area contributed by atoms with E-state index in [9.17, 15) is 4.79 Å². The molecule has 7 heteroatoms. The van der Waals surface area contributed by atoms with Crippen LogP contribution in [-0.2, 0) is 0 Å². The highest BCUT2D eigenvalue weighted by molar-refractivity contribution is 5.90. The van der Waals surface area contributed by atoms with E-state index in [4.69, 9.17) is 0 Å². The molecule has 1 aromatic heterocycles. The number of anilines is 1. The Morgan fingerprint density at radius 3 is 2.90 bits per heavy atom. The van der Waals surface area contributed by atoms with Gasteiger partial charge in [-0.1, -0.05) is 13.0 Å². The number of carbonyl (C=O) groups is 1. The third-order valence-electron chi connectivity index (χ3n) is 3.07. The van der Waals surface area contributed by atoms with Crippen molar-refractivity contribution in [2.24, 2.45) is 0 Å². The van der Waals surface area contributed by atoms with E-state index in [2.05, 4.69) is 26.2 Å². The Hall–Kier alpha value is -2.44. The van der Waals surface area contributed by atoms with Crippen molar-refractivity contribution in [2.45, 2.75) is 33.2 Å². The average molecular weight is 274 g/mol. The molecule has 0 aliphatic rings. The zero-order valence-electron chi connectivity index (χ0n) is 11.8. The van der Waals surface area contributed by atoms with Crippen molar-refractivity contribution < 1.29 is 4.79 Å². The van der Waals surface area contributed by atoms with E-state index >= 15 is 0 Å². The van der Waals surface area contributed by atoms with Crippen molar-refractivity contribution in [3.8, 4) is 5.69 Å². The molecule has 2 aromatic rings. The summed E-state index contributed by atoms with van der Waals surface area (Å²) in [7, 11) is 0. The number of nitrogens with zero attached hydrogens (tertiary/aromatic N) is 4. The van der Waals surface area contributed by atoms with Gasteiger partial charge in [-0.05, 0) is 48.4 Å². The van der Waals surface area contributed by atoms with Crippen LogP contribution in [0.4, 0.5) is 10.5 Å². The molecule has 0 aliphatic heterocycles. The van der Waals surface area contributed by atoms with Gasteiger partial charge in [-0.3, -0.25) is 0 Å². The first-order chi connectivity index (χ1) is 9.60. The minimum atomic E-state index is -0.212. The van der Waals surface area contributed by atoms with E-state index in [1.165, 1.54) is 11.0 Å². The third kappa shape index (κ3) is 3.31. The van der Waals surface area contributed by atoms with Crippen LogP contribution in [0.5, 0.6) is 0 Å². The second-order valence-corrected chi connectivity index (χ2v) is 4.66. The summed E-state index contributed by atoms with van der Waals surface area (Å²) in [5, 5.41) is 16.7. The maximum absolute atomic E-state index is 11.9. The SMILES string of the molecule is CC[C@@H](C)NC(=O)Nc1cc(-n2cnnn2)ccc1C. The van der Waals surface area contributed by atoms with Crippen LogP contribution < -0.4 is 10.6 Å². The molecule has 0 fully saturated rings. The number of hydrogen-bond donors (Lipinski definition) is 2. The van der Waals surface area contributed by atoms with Gasteiger partial charge in [0, 0.05) is 11.7 Å². The van der Waals surface area contributed by atoms with Gasteiger partial charge in [0.25, 0.3) is 0 Å². The minimum absolute atomic E-state index is 0.137. The standard InChI is InChI=1S/C13H18N6O/c1-4-10(3)15-13(20)16-12-7-11(6-5-9(12)2)19-8-14-17-18-19/h5-8,10H,4H2,1-3H3,(H2,15,16,20)/t10-/m1/s1. The smallest absolute Gasteiger partial charge is 0.319 e. The van der Waals surface area contributed by atoms with Crippen LogP contribution in [0.1, 0.15) is 25.8 Å². The predicted octanol–water partition coefficient (Wildman–Crippen LogP) is 1.89. The van der Waals surface area contributed by atoms with Crippen LogP contribution in [-0.4, -0.2) is 32.3 Å². The maximum Gasteiger partial charge on any atom is 0.319 e. The van der Waals surface area contributed by atoms with Gasteiger partial charge >= 0.3 is 6.03 Å². The Morgan fingerprint density at radius 2 is 2.25 bits per heavy atom. The first-order valence-electron chi connectivity index (χ1n) is 6.51. The molecule has 0 saturated heterocycles. The van der Waals surface area contributed by atoms with E-state index in [-0.39, 0.29) is 12.1 Å². The van der Waals surface area contributed by atoms with Gasteiger partial charge < -0.3 is 10.6 Å². The van der Waals surface area contributed by atoms with E-state index in [1.54, 1.807) is 0 Å². The molecule has 2 N–H and O–H groups in total. The third-order valence-corrected chi connectivity index (χ3v) is 3.07. The molecule has 0 aliphatic carbocycles. The number of benzene rings is 1. The van der Waals surface area contributed by atoms with Gasteiger partial charge in [0.1, 0.15) is 6.33 Å². The largest absolute Gasteiger partial charge is 0.335 e. The number of nitrogens with one attached hydrogen (secondary N) is 2. The van der Waals surface area contributed by atoms with Gasteiger partial charge in [-0.2, -0.15) is 0 Å². The van der Waals surface area contributed by atoms with Crippen molar-refractivity contribution in [1.82, 2.24) is 25.5 Å². The van der Waals surface area contributed by atoms with E-state index in [0.717, 1.165) is 23.4 Å². The lowest BCUT2D eigenvalue weighted by Gasteiger charge is -2.14. The first-order valence-corrected chi connectivity index (χ1v) is 6.51. The summed E-state index contributed by atoms with van der Waals surface area (Å²) >= 11 is 0. The number of tetrazole rings is 1. The molecular weight excluding hydrogens is 256 g/mol. The summed E-state index contributed by atoms with van der Waals surface area (Å²) in [5.41, 5.74) is 2.50. The number of aromatic nitrogens is 4. The normalized spacial score (nSPS) is 11.9. The second-order valence-electron chi connectivity index (χ2n) is 4.66. The molecule has 7 nitrogen and oxygen atoms in total. The van der Waals surface area contributed by atoms with Crippen molar-refractivity contribution in [2.75, 3.05) is 5.32 Å². The lowest BCUT2D eigenvalue weighted by Crippen LogP contribution is -2.35. The van der Waals surface area contributed by atoms with Crippen LogP contribution in [0, 0.1) is 6.92 Å². The molecule has 1 atom stereocenters. The Bertz CT molecular complexity index is 581. The summed E-state index contributed by atoms with van der Waals surface area (Å²) in [6.07, 6.45) is 2.39. The second kappa shape index (κ2) is 6.14. The number of hydrogen-bond acceptors (Lipinski definition) is 4. The average Bonchev–Trinajstić information content (AvgIpc) is 2.95. The van der Waals surface area contributed by atoms with Crippen LogP contribution in [0.25, 0.3) is 5.69 Å². The zero-order valence-corrected chi connectivity index (χ0v) is 11.8. The summed E-state index contributed by atoms with van der Waals surface area (Å²) in [4.78, 5) is 11.9. The molecule has 0 bridgehead atoms. The fraction of sp³-hybridized carbons (Fsp3) is 0.385. The van der Waals surface area contributed by atoms with Gasteiger partial charge in [-0.15, -0.1) is 5.10 Å². The molecule has 0 radical (unpaired) electrons. The lowest BCUT2D eigenvalue weighted by molar-refractivity contribution is 0.249. The summed E-state index contributed by atoms with van der Waals surface area (Å²) < 4.78 is 1.54. The van der Waals surface area contributed by atoms with Crippen LogP contribution >= 0.6 is 0 Å². The Balaban J connectivity index is 2.15. The Labute approximate surface area is 117 Å². The first kappa shape index (κ1) is 14.0. The van der Waals surface area contributed by atoms with Crippen molar-refractivity contribution in [1.29, 1.82) is 0 Å².